The average Bonchev–Trinajstić information content (AvgIpc) is 3.88. The number of nitrogens with zero attached hydrogens (tertiary/aromatic N) is 3. The van der Waals surface area contributed by atoms with Gasteiger partial charge < -0.3 is 13.5 Å². The summed E-state index contributed by atoms with van der Waals surface area (Å²) in [7, 11) is 0. The van der Waals surface area contributed by atoms with Gasteiger partial charge in [-0.05, 0) is 66.0 Å². The Morgan fingerprint density at radius 1 is 0.265 bits per heavy atom. The number of hydrogen-bond donors (Lipinski definition) is 0. The first-order chi connectivity index (χ1) is 24.3. The van der Waals surface area contributed by atoms with Crippen molar-refractivity contribution in [2.75, 3.05) is 0 Å². The number of fused-ring (bicyclic) bond motifs is 14. The SMILES string of the molecule is c1ccc(-n2c3ccccc3c3cc(-n4c5ccccc5c5cc6ccc7c8cccc9c%10ccccc%10n(c7c6cc54)c98)ccc32)cc1. The summed E-state index contributed by atoms with van der Waals surface area (Å²) in [6, 6.07) is 60.4. The number of rotatable bonds is 2. The zero-order chi connectivity index (χ0) is 31.8. The van der Waals surface area contributed by atoms with E-state index in [1.165, 1.54) is 104 Å². The Morgan fingerprint density at radius 3 is 1.55 bits per heavy atom. The van der Waals surface area contributed by atoms with Crippen molar-refractivity contribution in [3.63, 3.8) is 0 Å². The van der Waals surface area contributed by atoms with Crippen LogP contribution in [-0.2, 0) is 0 Å². The fraction of sp³-hybridized carbons (Fsp3) is 0. The van der Waals surface area contributed by atoms with Crippen molar-refractivity contribution in [3.8, 4) is 11.4 Å². The fourth-order valence-electron chi connectivity index (χ4n) is 8.93. The van der Waals surface area contributed by atoms with Crippen molar-refractivity contribution in [1.29, 1.82) is 0 Å². The van der Waals surface area contributed by atoms with Gasteiger partial charge in [-0.1, -0.05) is 103 Å². The minimum Gasteiger partial charge on any atom is -0.309 e. The number of benzene rings is 8. The van der Waals surface area contributed by atoms with E-state index in [0.29, 0.717) is 0 Å². The summed E-state index contributed by atoms with van der Waals surface area (Å²) < 4.78 is 7.38. The van der Waals surface area contributed by atoms with Crippen LogP contribution in [-0.4, -0.2) is 13.5 Å². The van der Waals surface area contributed by atoms with Crippen LogP contribution in [0.2, 0.25) is 0 Å². The van der Waals surface area contributed by atoms with E-state index >= 15 is 0 Å². The zero-order valence-electron chi connectivity index (χ0n) is 26.4. The van der Waals surface area contributed by atoms with Gasteiger partial charge in [-0.25, -0.2) is 0 Å². The van der Waals surface area contributed by atoms with E-state index in [2.05, 4.69) is 177 Å². The lowest BCUT2D eigenvalue weighted by molar-refractivity contribution is 1.17. The Morgan fingerprint density at radius 2 is 0.796 bits per heavy atom. The van der Waals surface area contributed by atoms with Crippen molar-refractivity contribution in [2.24, 2.45) is 0 Å². The third-order valence-electron chi connectivity index (χ3n) is 10.9. The van der Waals surface area contributed by atoms with Gasteiger partial charge in [0.2, 0.25) is 0 Å². The van der Waals surface area contributed by atoms with E-state index < -0.39 is 0 Å². The maximum absolute atomic E-state index is 2.51. The predicted octanol–water partition coefficient (Wildman–Crippen LogP) is 12.2. The summed E-state index contributed by atoms with van der Waals surface area (Å²) >= 11 is 0. The van der Waals surface area contributed by atoms with Crippen LogP contribution < -0.4 is 0 Å². The van der Waals surface area contributed by atoms with Crippen LogP contribution in [0, 0.1) is 0 Å². The molecule has 0 spiro atoms. The molecule has 0 aliphatic rings. The van der Waals surface area contributed by atoms with E-state index in [1.807, 2.05) is 0 Å². The average molecular weight is 622 g/mol. The molecule has 0 aliphatic carbocycles. The van der Waals surface area contributed by atoms with Gasteiger partial charge in [0.1, 0.15) is 0 Å². The predicted molar refractivity (Wildman–Crippen MR) is 207 cm³/mol. The lowest BCUT2D eigenvalue weighted by Crippen LogP contribution is -1.95. The quantitative estimate of drug-likeness (QED) is 0.182. The molecule has 0 unspecified atom stereocenters. The van der Waals surface area contributed by atoms with Crippen molar-refractivity contribution in [2.45, 2.75) is 0 Å². The topological polar surface area (TPSA) is 14.3 Å². The van der Waals surface area contributed by atoms with Gasteiger partial charge in [-0.15, -0.1) is 0 Å². The largest absolute Gasteiger partial charge is 0.309 e. The normalized spacial score (nSPS) is 12.5. The summed E-state index contributed by atoms with van der Waals surface area (Å²) in [4.78, 5) is 0. The molecule has 0 fully saturated rings. The highest BCUT2D eigenvalue weighted by Gasteiger charge is 2.21. The van der Waals surface area contributed by atoms with Crippen LogP contribution in [0.1, 0.15) is 0 Å². The molecule has 8 aromatic carbocycles. The second kappa shape index (κ2) is 9.06. The highest BCUT2D eigenvalue weighted by atomic mass is 15.0. The van der Waals surface area contributed by atoms with Crippen LogP contribution >= 0.6 is 0 Å². The first kappa shape index (κ1) is 25.5. The van der Waals surface area contributed by atoms with Crippen LogP contribution in [0.5, 0.6) is 0 Å². The van der Waals surface area contributed by atoms with Gasteiger partial charge in [0.05, 0.1) is 38.6 Å². The number of aromatic nitrogens is 3. The Hall–Kier alpha value is -6.58. The molecule has 0 radical (unpaired) electrons. The van der Waals surface area contributed by atoms with E-state index in [0.717, 1.165) is 0 Å². The molecular weight excluding hydrogens is 595 g/mol. The Bertz CT molecular complexity index is 3320. The lowest BCUT2D eigenvalue weighted by atomic mass is 10.0. The summed E-state index contributed by atoms with van der Waals surface area (Å²) in [5.41, 5.74) is 11.1. The molecule has 49 heavy (non-hydrogen) atoms. The van der Waals surface area contributed by atoms with Crippen molar-refractivity contribution in [3.05, 3.63) is 164 Å². The molecule has 12 rings (SSSR count). The molecule has 0 saturated heterocycles. The molecule has 0 amide bonds. The zero-order valence-corrected chi connectivity index (χ0v) is 26.4. The first-order valence-corrected chi connectivity index (χ1v) is 17.0. The Balaban J connectivity index is 1.22. The molecule has 0 N–H and O–H groups in total. The summed E-state index contributed by atoms with van der Waals surface area (Å²) in [6.07, 6.45) is 0. The number of hydrogen-bond acceptors (Lipinski definition) is 0. The smallest absolute Gasteiger partial charge is 0.0620 e. The van der Waals surface area contributed by atoms with Crippen LogP contribution in [0.25, 0.3) is 104 Å². The second-order valence-corrected chi connectivity index (χ2v) is 13.3. The van der Waals surface area contributed by atoms with Gasteiger partial charge in [-0.2, -0.15) is 0 Å². The van der Waals surface area contributed by atoms with Crippen LogP contribution in [0.3, 0.4) is 0 Å². The molecule has 0 atom stereocenters. The maximum atomic E-state index is 2.51. The van der Waals surface area contributed by atoms with Crippen LogP contribution in [0.15, 0.2) is 164 Å². The Labute approximate surface area is 280 Å². The van der Waals surface area contributed by atoms with Crippen molar-refractivity contribution < 1.29 is 0 Å². The Kier molecular flexibility index (Phi) is 4.72. The second-order valence-electron chi connectivity index (χ2n) is 13.3. The highest BCUT2D eigenvalue weighted by molar-refractivity contribution is 6.28. The van der Waals surface area contributed by atoms with Gasteiger partial charge in [0.15, 0.2) is 0 Å². The van der Waals surface area contributed by atoms with Gasteiger partial charge in [0.25, 0.3) is 0 Å². The molecular formula is C46H27N3. The highest BCUT2D eigenvalue weighted by Crippen LogP contribution is 2.44. The molecule has 0 aliphatic heterocycles. The summed E-state index contributed by atoms with van der Waals surface area (Å²) in [6.45, 7) is 0. The van der Waals surface area contributed by atoms with Gasteiger partial charge in [0, 0.05) is 59.9 Å². The molecule has 226 valence electrons. The van der Waals surface area contributed by atoms with Crippen LogP contribution in [0.4, 0.5) is 0 Å². The molecule has 4 aromatic heterocycles. The third-order valence-corrected chi connectivity index (χ3v) is 10.9. The van der Waals surface area contributed by atoms with Crippen molar-refractivity contribution in [1.82, 2.24) is 13.5 Å². The monoisotopic (exact) mass is 621 g/mol. The molecule has 0 bridgehead atoms. The first-order valence-electron chi connectivity index (χ1n) is 17.0. The minimum absolute atomic E-state index is 1.17. The minimum atomic E-state index is 1.17. The van der Waals surface area contributed by atoms with E-state index in [1.54, 1.807) is 0 Å². The number of para-hydroxylation sites is 5. The third kappa shape index (κ3) is 3.17. The molecule has 4 heterocycles. The molecule has 12 aromatic rings. The fourth-order valence-corrected chi connectivity index (χ4v) is 8.93. The van der Waals surface area contributed by atoms with Crippen molar-refractivity contribution >= 4 is 92.5 Å². The standard InChI is InChI=1S/C46H27N3/c1-2-11-29(12-3-1)47-40-18-7-6-15-33(40)39-26-30(22-24-43(39)47)48-41-19-8-5-14-32(41)38-25-28-21-23-36-35-17-10-16-34-31-13-4-9-20-42(31)49(45(34)35)46(36)37(28)27-44(38)48/h1-27H. The molecule has 0 saturated carbocycles. The summed E-state index contributed by atoms with van der Waals surface area (Å²) in [5, 5.41) is 12.8. The van der Waals surface area contributed by atoms with E-state index in [9.17, 15) is 0 Å². The van der Waals surface area contributed by atoms with E-state index in [4.69, 9.17) is 0 Å². The van der Waals surface area contributed by atoms with Gasteiger partial charge in [-0.3, -0.25) is 0 Å². The van der Waals surface area contributed by atoms with Gasteiger partial charge >= 0.3 is 0 Å². The molecule has 3 heteroatoms. The molecule has 3 nitrogen and oxygen atoms in total. The van der Waals surface area contributed by atoms with E-state index in [-0.39, 0.29) is 0 Å². The maximum Gasteiger partial charge on any atom is 0.0620 e. The summed E-state index contributed by atoms with van der Waals surface area (Å²) in [5.74, 6) is 0. The lowest BCUT2D eigenvalue weighted by Gasteiger charge is -2.11.